The molecule has 43 heavy (non-hydrogen) atoms. The molecule has 0 radical (unpaired) electrons. The third-order valence-corrected chi connectivity index (χ3v) is 6.96. The standard InChI is InChI=1S/C30H24F4N6O3/c1-17-14-40(15-24(43-17)19-7-10-25(35-12-19)42-16-18-5-3-2-4-6-18)29-37-26(22-13-36-39-28(41)27(22)38-29)21-9-8-20(11-23(21)31)30(32,33)34/h2-13,17,24H,14-16H2,1H3,(H,39,41)/t17-,24-/m1/s1. The van der Waals surface area contributed by atoms with Gasteiger partial charge in [-0.25, -0.2) is 24.4 Å². The number of aromatic nitrogens is 5. The van der Waals surface area contributed by atoms with Gasteiger partial charge in [-0.05, 0) is 36.8 Å². The van der Waals surface area contributed by atoms with Crippen molar-refractivity contribution in [3.8, 4) is 17.1 Å². The zero-order valence-electron chi connectivity index (χ0n) is 22.7. The Morgan fingerprint density at radius 3 is 2.58 bits per heavy atom. The molecule has 220 valence electrons. The van der Waals surface area contributed by atoms with Crippen molar-refractivity contribution < 1.29 is 27.0 Å². The number of hydrogen-bond acceptors (Lipinski definition) is 8. The Bertz CT molecular complexity index is 1820. The fraction of sp³-hybridized carbons (Fsp3) is 0.233. The molecule has 0 unspecified atom stereocenters. The quantitative estimate of drug-likeness (QED) is 0.259. The first-order valence-corrected chi connectivity index (χ1v) is 13.3. The summed E-state index contributed by atoms with van der Waals surface area (Å²) in [6.07, 6.45) is -2.58. The lowest BCUT2D eigenvalue weighted by molar-refractivity contribution is -0.137. The Morgan fingerprint density at radius 2 is 1.86 bits per heavy atom. The summed E-state index contributed by atoms with van der Waals surface area (Å²) < 4.78 is 66.6. The van der Waals surface area contributed by atoms with E-state index in [-0.39, 0.29) is 40.8 Å². The lowest BCUT2D eigenvalue weighted by atomic mass is 10.0. The molecule has 1 aliphatic heterocycles. The molecule has 6 rings (SSSR count). The Labute approximate surface area is 242 Å². The van der Waals surface area contributed by atoms with Gasteiger partial charge in [0.25, 0.3) is 5.56 Å². The molecule has 2 aromatic carbocycles. The number of morpholine rings is 1. The van der Waals surface area contributed by atoms with Crippen molar-refractivity contribution in [1.82, 2.24) is 25.1 Å². The van der Waals surface area contributed by atoms with Crippen LogP contribution in [0.3, 0.4) is 0 Å². The van der Waals surface area contributed by atoms with Crippen LogP contribution in [0.5, 0.6) is 5.88 Å². The SMILES string of the molecule is C[C@@H]1CN(c2nc(-c3ccc(C(F)(F)F)cc3F)c3cn[nH]c(=O)c3n2)C[C@H](c2ccc(OCc3ccccc3)nc2)O1. The van der Waals surface area contributed by atoms with E-state index in [0.717, 1.165) is 23.3 Å². The lowest BCUT2D eigenvalue weighted by Gasteiger charge is -2.37. The second-order valence-electron chi connectivity index (χ2n) is 10.1. The van der Waals surface area contributed by atoms with Crippen molar-refractivity contribution in [2.45, 2.75) is 31.9 Å². The van der Waals surface area contributed by atoms with Crippen LogP contribution in [0.25, 0.3) is 22.2 Å². The number of alkyl halides is 3. The topological polar surface area (TPSA) is 106 Å². The number of aromatic amines is 1. The van der Waals surface area contributed by atoms with Crippen LogP contribution in [0.15, 0.2) is 77.9 Å². The molecule has 4 heterocycles. The third kappa shape index (κ3) is 6.02. The number of hydrogen-bond donors (Lipinski definition) is 1. The fourth-order valence-electron chi connectivity index (χ4n) is 4.89. The van der Waals surface area contributed by atoms with Gasteiger partial charge in [0.15, 0.2) is 0 Å². The molecule has 1 saturated heterocycles. The predicted octanol–water partition coefficient (Wildman–Crippen LogP) is 5.48. The normalized spacial score (nSPS) is 17.3. The molecule has 1 N–H and O–H groups in total. The number of nitrogens with one attached hydrogen (secondary N) is 1. The van der Waals surface area contributed by atoms with Gasteiger partial charge in [-0.2, -0.15) is 18.3 Å². The molecule has 5 aromatic rings. The molecule has 3 aromatic heterocycles. The molecule has 9 nitrogen and oxygen atoms in total. The molecule has 0 aliphatic carbocycles. The maximum atomic E-state index is 15.1. The predicted molar refractivity (Wildman–Crippen MR) is 149 cm³/mol. The van der Waals surface area contributed by atoms with Crippen molar-refractivity contribution in [3.05, 3.63) is 106 Å². The molecule has 2 atom stereocenters. The summed E-state index contributed by atoms with van der Waals surface area (Å²) in [7, 11) is 0. The Morgan fingerprint density at radius 1 is 1.05 bits per heavy atom. The Balaban J connectivity index is 1.30. The van der Waals surface area contributed by atoms with Gasteiger partial charge in [-0.1, -0.05) is 30.3 Å². The highest BCUT2D eigenvalue weighted by Crippen LogP contribution is 2.35. The summed E-state index contributed by atoms with van der Waals surface area (Å²) in [5.74, 6) is -0.605. The van der Waals surface area contributed by atoms with Crippen LogP contribution in [0.2, 0.25) is 0 Å². The highest BCUT2D eigenvalue weighted by Gasteiger charge is 2.32. The molecule has 0 saturated carbocycles. The smallest absolute Gasteiger partial charge is 0.416 e. The molecule has 1 aliphatic rings. The van der Waals surface area contributed by atoms with E-state index in [1.807, 2.05) is 43.3 Å². The minimum Gasteiger partial charge on any atom is -0.473 e. The summed E-state index contributed by atoms with van der Waals surface area (Å²) >= 11 is 0. The Hall–Kier alpha value is -4.91. The van der Waals surface area contributed by atoms with Gasteiger partial charge in [0.2, 0.25) is 11.8 Å². The van der Waals surface area contributed by atoms with Crippen LogP contribution in [0.1, 0.15) is 29.7 Å². The number of nitrogens with zero attached hydrogens (tertiary/aromatic N) is 5. The van der Waals surface area contributed by atoms with Gasteiger partial charge >= 0.3 is 6.18 Å². The average Bonchev–Trinajstić information content (AvgIpc) is 3.00. The van der Waals surface area contributed by atoms with Crippen LogP contribution < -0.4 is 15.2 Å². The Kier molecular flexibility index (Phi) is 7.48. The second kappa shape index (κ2) is 11.4. The van der Waals surface area contributed by atoms with Gasteiger partial charge in [0, 0.05) is 29.9 Å². The molecular formula is C30H24F4N6O3. The highest BCUT2D eigenvalue weighted by atomic mass is 19.4. The van der Waals surface area contributed by atoms with E-state index in [0.29, 0.717) is 25.1 Å². The summed E-state index contributed by atoms with van der Waals surface area (Å²) in [5.41, 5.74) is -0.369. The molecule has 13 heteroatoms. The lowest BCUT2D eigenvalue weighted by Crippen LogP contribution is -2.44. The van der Waals surface area contributed by atoms with E-state index >= 15 is 4.39 Å². The van der Waals surface area contributed by atoms with Crippen LogP contribution >= 0.6 is 0 Å². The van der Waals surface area contributed by atoms with E-state index < -0.39 is 29.2 Å². The number of H-pyrrole nitrogens is 1. The number of ether oxygens (including phenoxy) is 2. The monoisotopic (exact) mass is 592 g/mol. The maximum absolute atomic E-state index is 15.1. The van der Waals surface area contributed by atoms with Gasteiger partial charge in [0.1, 0.15) is 24.0 Å². The van der Waals surface area contributed by atoms with Crippen molar-refractivity contribution in [3.63, 3.8) is 0 Å². The fourth-order valence-corrected chi connectivity index (χ4v) is 4.89. The van der Waals surface area contributed by atoms with E-state index in [1.165, 1.54) is 6.20 Å². The van der Waals surface area contributed by atoms with Gasteiger partial charge in [-0.3, -0.25) is 4.79 Å². The first-order valence-electron chi connectivity index (χ1n) is 13.3. The zero-order valence-corrected chi connectivity index (χ0v) is 22.7. The van der Waals surface area contributed by atoms with Gasteiger partial charge < -0.3 is 14.4 Å². The van der Waals surface area contributed by atoms with E-state index in [2.05, 4.69) is 25.1 Å². The van der Waals surface area contributed by atoms with Crippen LogP contribution in [-0.2, 0) is 17.5 Å². The van der Waals surface area contributed by atoms with Gasteiger partial charge in [-0.15, -0.1) is 0 Å². The van der Waals surface area contributed by atoms with Crippen molar-refractivity contribution >= 4 is 16.9 Å². The van der Waals surface area contributed by atoms with Gasteiger partial charge in [0.05, 0.1) is 35.5 Å². The summed E-state index contributed by atoms with van der Waals surface area (Å²) in [6.45, 7) is 2.83. The highest BCUT2D eigenvalue weighted by molar-refractivity contribution is 5.92. The molecule has 1 fully saturated rings. The molecule has 0 amide bonds. The first kappa shape index (κ1) is 28.2. The third-order valence-electron chi connectivity index (χ3n) is 6.96. The second-order valence-corrected chi connectivity index (χ2v) is 10.1. The summed E-state index contributed by atoms with van der Waals surface area (Å²) in [4.78, 5) is 27.8. The number of benzene rings is 2. The average molecular weight is 593 g/mol. The van der Waals surface area contributed by atoms with Crippen molar-refractivity contribution in [2.75, 3.05) is 18.0 Å². The number of fused-ring (bicyclic) bond motifs is 1. The summed E-state index contributed by atoms with van der Waals surface area (Å²) in [5, 5.41) is 6.15. The molecule has 0 bridgehead atoms. The van der Waals surface area contributed by atoms with Crippen molar-refractivity contribution in [1.29, 1.82) is 0 Å². The van der Waals surface area contributed by atoms with E-state index in [1.54, 1.807) is 17.2 Å². The van der Waals surface area contributed by atoms with Crippen LogP contribution in [0, 0.1) is 5.82 Å². The summed E-state index contributed by atoms with van der Waals surface area (Å²) in [6, 6.07) is 15.4. The first-order chi connectivity index (χ1) is 20.7. The molecule has 0 spiro atoms. The number of pyridine rings is 1. The maximum Gasteiger partial charge on any atom is 0.416 e. The number of rotatable bonds is 6. The van der Waals surface area contributed by atoms with Crippen LogP contribution in [0.4, 0.5) is 23.5 Å². The van der Waals surface area contributed by atoms with E-state index in [4.69, 9.17) is 9.47 Å². The van der Waals surface area contributed by atoms with Crippen LogP contribution in [-0.4, -0.2) is 44.3 Å². The molecular weight excluding hydrogens is 568 g/mol. The number of anilines is 1. The minimum atomic E-state index is -4.73. The number of halogens is 4. The van der Waals surface area contributed by atoms with Crippen molar-refractivity contribution in [2.24, 2.45) is 0 Å². The zero-order chi connectivity index (χ0) is 30.1. The largest absolute Gasteiger partial charge is 0.473 e. The van der Waals surface area contributed by atoms with E-state index in [9.17, 15) is 18.0 Å². The minimum absolute atomic E-state index is 0.0536.